The van der Waals surface area contributed by atoms with Crippen molar-refractivity contribution in [3.8, 4) is 0 Å². The molecule has 4 nitrogen and oxygen atoms in total. The average molecular weight is 263 g/mol. The summed E-state index contributed by atoms with van der Waals surface area (Å²) in [5, 5.41) is 0. The lowest BCUT2D eigenvalue weighted by Crippen LogP contribution is -2.28. The van der Waals surface area contributed by atoms with Crippen molar-refractivity contribution in [2.45, 2.75) is 47.1 Å². The molecule has 0 amide bonds. The van der Waals surface area contributed by atoms with Crippen LogP contribution in [0.1, 0.15) is 48.3 Å². The number of pyridine rings is 1. The van der Waals surface area contributed by atoms with Gasteiger partial charge in [0.1, 0.15) is 0 Å². The van der Waals surface area contributed by atoms with Gasteiger partial charge < -0.3 is 9.30 Å². The van der Waals surface area contributed by atoms with Crippen molar-refractivity contribution >= 4 is 5.97 Å². The van der Waals surface area contributed by atoms with E-state index in [1.54, 1.807) is 18.4 Å². The van der Waals surface area contributed by atoms with Crippen molar-refractivity contribution in [2.75, 3.05) is 6.61 Å². The van der Waals surface area contributed by atoms with Crippen LogP contribution in [-0.2, 0) is 11.3 Å². The number of hydrogen-bond acceptors (Lipinski definition) is 3. The maximum absolute atomic E-state index is 12.1. The third-order valence-corrected chi connectivity index (χ3v) is 3.89. The molecule has 0 spiro atoms. The normalized spacial score (nSPS) is 16.2. The summed E-state index contributed by atoms with van der Waals surface area (Å²) < 4.78 is 6.79. The molecule has 0 saturated heterocycles. The minimum absolute atomic E-state index is 0.0313. The summed E-state index contributed by atoms with van der Waals surface area (Å²) in [5.74, 6) is -0.341. The molecule has 1 heterocycles. The van der Waals surface area contributed by atoms with E-state index in [2.05, 4.69) is 6.92 Å². The van der Waals surface area contributed by atoms with Crippen LogP contribution in [0.5, 0.6) is 0 Å². The molecule has 1 aromatic heterocycles. The van der Waals surface area contributed by atoms with Gasteiger partial charge in [-0.15, -0.1) is 0 Å². The smallest absolute Gasteiger partial charge is 0.340 e. The highest BCUT2D eigenvalue weighted by molar-refractivity contribution is 5.92. The number of carbonyl (C=O) groups is 1. The first-order valence-electron chi connectivity index (χ1n) is 6.76. The molecule has 1 saturated carbocycles. The summed E-state index contributed by atoms with van der Waals surface area (Å²) in [4.78, 5) is 24.1. The standard InChI is InChI=1S/C15H21NO3/c1-5-19-14(18)13-10(2)8-12(17)16(11(13)3)9-15(4)6-7-15/h8H,5-7,9H2,1-4H3. The highest BCUT2D eigenvalue weighted by Gasteiger charge is 2.38. The quantitative estimate of drug-likeness (QED) is 0.784. The minimum Gasteiger partial charge on any atom is -0.462 e. The molecule has 0 atom stereocenters. The number of aromatic nitrogens is 1. The third kappa shape index (κ3) is 2.72. The van der Waals surface area contributed by atoms with Crippen LogP contribution in [0.4, 0.5) is 0 Å². The number of nitrogens with zero attached hydrogens (tertiary/aromatic N) is 1. The van der Waals surface area contributed by atoms with E-state index in [-0.39, 0.29) is 16.9 Å². The van der Waals surface area contributed by atoms with Gasteiger partial charge in [-0.2, -0.15) is 0 Å². The SMILES string of the molecule is CCOC(=O)c1c(C)cc(=O)n(CC2(C)CC2)c1C. The zero-order valence-electron chi connectivity index (χ0n) is 12.1. The van der Waals surface area contributed by atoms with Gasteiger partial charge in [0.15, 0.2) is 0 Å². The van der Waals surface area contributed by atoms with Gasteiger partial charge in [0.05, 0.1) is 12.2 Å². The molecule has 1 aliphatic rings. The zero-order valence-corrected chi connectivity index (χ0v) is 12.1. The number of aryl methyl sites for hydroxylation is 1. The third-order valence-electron chi connectivity index (χ3n) is 3.89. The molecule has 0 aliphatic heterocycles. The highest BCUT2D eigenvalue weighted by Crippen LogP contribution is 2.46. The van der Waals surface area contributed by atoms with Gasteiger partial charge in [-0.1, -0.05) is 6.92 Å². The zero-order chi connectivity index (χ0) is 14.2. The van der Waals surface area contributed by atoms with Crippen molar-refractivity contribution in [1.82, 2.24) is 4.57 Å². The second kappa shape index (κ2) is 4.83. The Morgan fingerprint density at radius 3 is 2.58 bits per heavy atom. The lowest BCUT2D eigenvalue weighted by Gasteiger charge is -2.18. The molecule has 1 aliphatic carbocycles. The van der Waals surface area contributed by atoms with Crippen molar-refractivity contribution in [3.05, 3.63) is 33.2 Å². The average Bonchev–Trinajstić information content (AvgIpc) is 3.03. The van der Waals surface area contributed by atoms with Gasteiger partial charge in [0, 0.05) is 18.3 Å². The van der Waals surface area contributed by atoms with Crippen LogP contribution in [0.25, 0.3) is 0 Å². The van der Waals surface area contributed by atoms with Crippen LogP contribution in [0.15, 0.2) is 10.9 Å². The van der Waals surface area contributed by atoms with E-state index in [9.17, 15) is 9.59 Å². The fraction of sp³-hybridized carbons (Fsp3) is 0.600. The van der Waals surface area contributed by atoms with Crippen molar-refractivity contribution in [1.29, 1.82) is 0 Å². The van der Waals surface area contributed by atoms with Crippen molar-refractivity contribution in [2.24, 2.45) is 5.41 Å². The Bertz CT molecular complexity index is 567. The Morgan fingerprint density at radius 2 is 2.05 bits per heavy atom. The van der Waals surface area contributed by atoms with Crippen LogP contribution in [-0.4, -0.2) is 17.1 Å². The highest BCUT2D eigenvalue weighted by atomic mass is 16.5. The second-order valence-corrected chi connectivity index (χ2v) is 5.74. The summed E-state index contributed by atoms with van der Waals surface area (Å²) in [7, 11) is 0. The van der Waals surface area contributed by atoms with E-state index < -0.39 is 0 Å². The Hall–Kier alpha value is -1.58. The maximum atomic E-state index is 12.1. The molecular formula is C15H21NO3. The Kier molecular flexibility index (Phi) is 3.52. The monoisotopic (exact) mass is 263 g/mol. The van der Waals surface area contributed by atoms with Crippen molar-refractivity contribution in [3.63, 3.8) is 0 Å². The summed E-state index contributed by atoms with van der Waals surface area (Å²) in [5.41, 5.74) is 2.13. The molecule has 0 aromatic carbocycles. The summed E-state index contributed by atoms with van der Waals surface area (Å²) in [6.07, 6.45) is 2.28. The summed E-state index contributed by atoms with van der Waals surface area (Å²) in [6.45, 7) is 8.59. The molecule has 1 aromatic rings. The Balaban J connectivity index is 2.46. The van der Waals surface area contributed by atoms with Gasteiger partial charge >= 0.3 is 5.97 Å². The van der Waals surface area contributed by atoms with E-state index in [0.29, 0.717) is 24.3 Å². The molecule has 4 heteroatoms. The van der Waals surface area contributed by atoms with Gasteiger partial charge in [-0.25, -0.2) is 4.79 Å². The van der Waals surface area contributed by atoms with E-state index in [0.717, 1.165) is 18.5 Å². The number of hydrogen-bond donors (Lipinski definition) is 0. The number of rotatable bonds is 4. The van der Waals surface area contributed by atoms with E-state index in [4.69, 9.17) is 4.74 Å². The van der Waals surface area contributed by atoms with E-state index in [1.165, 1.54) is 6.07 Å². The van der Waals surface area contributed by atoms with Crippen LogP contribution < -0.4 is 5.56 Å². The summed E-state index contributed by atoms with van der Waals surface area (Å²) in [6, 6.07) is 1.53. The molecule has 0 N–H and O–H groups in total. The van der Waals surface area contributed by atoms with Crippen molar-refractivity contribution < 1.29 is 9.53 Å². The lowest BCUT2D eigenvalue weighted by atomic mass is 10.1. The molecule has 2 rings (SSSR count). The molecule has 19 heavy (non-hydrogen) atoms. The Labute approximate surface area is 113 Å². The topological polar surface area (TPSA) is 48.3 Å². The molecule has 0 radical (unpaired) electrons. The number of ether oxygens (including phenoxy) is 1. The van der Waals surface area contributed by atoms with Crippen LogP contribution >= 0.6 is 0 Å². The minimum atomic E-state index is -0.341. The first-order chi connectivity index (χ1) is 8.88. The van der Waals surface area contributed by atoms with E-state index >= 15 is 0 Å². The van der Waals surface area contributed by atoms with Gasteiger partial charge in [-0.3, -0.25) is 4.79 Å². The number of carbonyl (C=O) groups excluding carboxylic acids is 1. The van der Waals surface area contributed by atoms with Gasteiger partial charge in [-0.05, 0) is 44.6 Å². The largest absolute Gasteiger partial charge is 0.462 e. The molecule has 1 fully saturated rings. The fourth-order valence-corrected chi connectivity index (χ4v) is 2.38. The number of esters is 1. The lowest BCUT2D eigenvalue weighted by molar-refractivity contribution is 0.0523. The van der Waals surface area contributed by atoms with Gasteiger partial charge in [0.2, 0.25) is 0 Å². The molecule has 0 unspecified atom stereocenters. The second-order valence-electron chi connectivity index (χ2n) is 5.74. The van der Waals surface area contributed by atoms with Crippen LogP contribution in [0.2, 0.25) is 0 Å². The molecule has 0 bridgehead atoms. The van der Waals surface area contributed by atoms with E-state index in [1.807, 2.05) is 6.92 Å². The first-order valence-corrected chi connectivity index (χ1v) is 6.76. The fourth-order valence-electron chi connectivity index (χ4n) is 2.38. The maximum Gasteiger partial charge on any atom is 0.340 e. The van der Waals surface area contributed by atoms with Crippen LogP contribution in [0.3, 0.4) is 0 Å². The summed E-state index contributed by atoms with van der Waals surface area (Å²) >= 11 is 0. The van der Waals surface area contributed by atoms with Crippen LogP contribution in [0, 0.1) is 19.3 Å². The molecule has 104 valence electrons. The predicted octanol–water partition coefficient (Wildman–Crippen LogP) is 2.44. The van der Waals surface area contributed by atoms with Gasteiger partial charge in [0.25, 0.3) is 5.56 Å². The predicted molar refractivity (Wildman–Crippen MR) is 73.5 cm³/mol. The molecular weight excluding hydrogens is 242 g/mol. The Morgan fingerprint density at radius 1 is 1.42 bits per heavy atom. The first kappa shape index (κ1) is 13.8.